The van der Waals surface area contributed by atoms with Crippen LogP contribution in [0.5, 0.6) is 0 Å². The summed E-state index contributed by atoms with van der Waals surface area (Å²) in [6, 6.07) is 7.99. The van der Waals surface area contributed by atoms with Crippen molar-refractivity contribution in [3.63, 3.8) is 0 Å². The number of aromatic nitrogens is 2. The summed E-state index contributed by atoms with van der Waals surface area (Å²) in [7, 11) is 0. The lowest BCUT2D eigenvalue weighted by Gasteiger charge is -2.17. The molecule has 0 bridgehead atoms. The molecular formula is C15H21N3O2. The summed E-state index contributed by atoms with van der Waals surface area (Å²) >= 11 is 0. The summed E-state index contributed by atoms with van der Waals surface area (Å²) in [5, 5.41) is 17.2. The topological polar surface area (TPSA) is 62.4 Å². The van der Waals surface area contributed by atoms with Crippen LogP contribution in [0.15, 0.2) is 28.7 Å². The van der Waals surface area contributed by atoms with Crippen LogP contribution in [-0.2, 0) is 6.54 Å². The van der Waals surface area contributed by atoms with Crippen molar-refractivity contribution in [2.45, 2.75) is 26.8 Å². The largest absolute Gasteiger partial charge is 0.419 e. The molecule has 0 amide bonds. The van der Waals surface area contributed by atoms with Crippen molar-refractivity contribution in [1.29, 1.82) is 0 Å². The van der Waals surface area contributed by atoms with Crippen LogP contribution in [0, 0.1) is 6.92 Å². The zero-order chi connectivity index (χ0) is 14.4. The predicted molar refractivity (Wildman–Crippen MR) is 77.1 cm³/mol. The minimum Gasteiger partial charge on any atom is -0.419 e. The van der Waals surface area contributed by atoms with E-state index in [1.807, 2.05) is 31.2 Å². The molecule has 1 aromatic carbocycles. The van der Waals surface area contributed by atoms with E-state index in [4.69, 9.17) is 9.52 Å². The molecule has 0 saturated heterocycles. The van der Waals surface area contributed by atoms with Gasteiger partial charge in [-0.05, 0) is 32.0 Å². The molecule has 2 rings (SSSR count). The average Bonchev–Trinajstić information content (AvgIpc) is 2.88. The third kappa shape index (κ3) is 3.88. The number of rotatable bonds is 7. The van der Waals surface area contributed by atoms with Gasteiger partial charge in [0.15, 0.2) is 0 Å². The molecule has 5 nitrogen and oxygen atoms in total. The number of hydrogen-bond acceptors (Lipinski definition) is 5. The molecule has 0 saturated carbocycles. The van der Waals surface area contributed by atoms with E-state index in [1.54, 1.807) is 0 Å². The van der Waals surface area contributed by atoms with E-state index in [2.05, 4.69) is 22.0 Å². The highest BCUT2D eigenvalue weighted by Crippen LogP contribution is 2.19. The van der Waals surface area contributed by atoms with Crippen LogP contribution < -0.4 is 0 Å². The van der Waals surface area contributed by atoms with Crippen LogP contribution in [0.25, 0.3) is 11.5 Å². The fourth-order valence-electron chi connectivity index (χ4n) is 2.13. The molecule has 0 aliphatic carbocycles. The summed E-state index contributed by atoms with van der Waals surface area (Å²) in [4.78, 5) is 2.10. The molecule has 1 heterocycles. The molecule has 0 atom stereocenters. The number of aliphatic hydroxyl groups excluding tert-OH is 1. The molecule has 1 N–H and O–H groups in total. The molecule has 0 fully saturated rings. The molecule has 0 aliphatic rings. The number of nitrogens with zero attached hydrogens (tertiary/aromatic N) is 3. The summed E-state index contributed by atoms with van der Waals surface area (Å²) in [5.74, 6) is 1.13. The highest BCUT2D eigenvalue weighted by molar-refractivity contribution is 5.53. The quantitative estimate of drug-likeness (QED) is 0.839. The van der Waals surface area contributed by atoms with Gasteiger partial charge in [0.2, 0.25) is 11.8 Å². The smallest absolute Gasteiger partial charge is 0.247 e. The van der Waals surface area contributed by atoms with Crippen LogP contribution in [-0.4, -0.2) is 39.9 Å². The van der Waals surface area contributed by atoms with Crippen molar-refractivity contribution in [1.82, 2.24) is 15.1 Å². The number of aliphatic hydroxyl groups is 1. The van der Waals surface area contributed by atoms with E-state index in [1.165, 1.54) is 0 Å². The van der Waals surface area contributed by atoms with E-state index in [0.29, 0.717) is 24.9 Å². The van der Waals surface area contributed by atoms with Crippen LogP contribution in [0.4, 0.5) is 0 Å². The minimum atomic E-state index is 0.138. The Bertz CT molecular complexity index is 533. The molecule has 0 unspecified atom stereocenters. The number of hydrogen-bond donors (Lipinski definition) is 1. The van der Waals surface area contributed by atoms with Gasteiger partial charge < -0.3 is 9.52 Å². The van der Waals surface area contributed by atoms with E-state index in [0.717, 1.165) is 24.1 Å². The third-order valence-electron chi connectivity index (χ3n) is 3.05. The SMILES string of the molecule is CCCN(CCO)Cc1nnc(-c2cccc(C)c2)o1. The van der Waals surface area contributed by atoms with Gasteiger partial charge in [-0.15, -0.1) is 10.2 Å². The second kappa shape index (κ2) is 7.17. The molecule has 0 radical (unpaired) electrons. The van der Waals surface area contributed by atoms with Gasteiger partial charge in [0, 0.05) is 12.1 Å². The Morgan fingerprint density at radius 1 is 1.25 bits per heavy atom. The fourth-order valence-corrected chi connectivity index (χ4v) is 2.13. The second-order valence-electron chi connectivity index (χ2n) is 4.87. The maximum absolute atomic E-state index is 9.05. The van der Waals surface area contributed by atoms with Crippen LogP contribution in [0.1, 0.15) is 24.8 Å². The lowest BCUT2D eigenvalue weighted by molar-refractivity contribution is 0.179. The van der Waals surface area contributed by atoms with Gasteiger partial charge in [-0.2, -0.15) is 0 Å². The first-order valence-corrected chi connectivity index (χ1v) is 6.95. The Morgan fingerprint density at radius 3 is 2.80 bits per heavy atom. The Morgan fingerprint density at radius 2 is 2.10 bits per heavy atom. The normalized spacial score (nSPS) is 11.2. The fraction of sp³-hybridized carbons (Fsp3) is 0.467. The van der Waals surface area contributed by atoms with Crippen LogP contribution >= 0.6 is 0 Å². The number of benzene rings is 1. The summed E-state index contributed by atoms with van der Waals surface area (Å²) in [5.41, 5.74) is 2.10. The summed E-state index contributed by atoms with van der Waals surface area (Å²) in [6.45, 7) is 6.38. The Labute approximate surface area is 119 Å². The van der Waals surface area contributed by atoms with E-state index in [9.17, 15) is 0 Å². The average molecular weight is 275 g/mol. The van der Waals surface area contributed by atoms with Gasteiger partial charge in [0.25, 0.3) is 0 Å². The van der Waals surface area contributed by atoms with Crippen molar-refractivity contribution in [2.24, 2.45) is 0 Å². The third-order valence-corrected chi connectivity index (χ3v) is 3.05. The van der Waals surface area contributed by atoms with Crippen molar-refractivity contribution >= 4 is 0 Å². The zero-order valence-corrected chi connectivity index (χ0v) is 12.0. The van der Waals surface area contributed by atoms with E-state index in [-0.39, 0.29) is 6.61 Å². The molecule has 5 heteroatoms. The second-order valence-corrected chi connectivity index (χ2v) is 4.87. The van der Waals surface area contributed by atoms with Gasteiger partial charge in [-0.1, -0.05) is 24.6 Å². The Hall–Kier alpha value is -1.72. The van der Waals surface area contributed by atoms with Gasteiger partial charge in [-0.25, -0.2) is 0 Å². The Kier molecular flexibility index (Phi) is 5.26. The zero-order valence-electron chi connectivity index (χ0n) is 12.0. The van der Waals surface area contributed by atoms with Gasteiger partial charge in [0.05, 0.1) is 13.2 Å². The molecule has 20 heavy (non-hydrogen) atoms. The first-order chi connectivity index (χ1) is 9.72. The van der Waals surface area contributed by atoms with Gasteiger partial charge >= 0.3 is 0 Å². The van der Waals surface area contributed by atoms with Gasteiger partial charge in [-0.3, -0.25) is 4.90 Å². The molecule has 108 valence electrons. The van der Waals surface area contributed by atoms with Crippen LogP contribution in [0.2, 0.25) is 0 Å². The molecule has 2 aromatic rings. The van der Waals surface area contributed by atoms with Crippen molar-refractivity contribution < 1.29 is 9.52 Å². The minimum absolute atomic E-state index is 0.138. The molecule has 0 spiro atoms. The Balaban J connectivity index is 2.08. The predicted octanol–water partition coefficient (Wildman–Crippen LogP) is 2.25. The lowest BCUT2D eigenvalue weighted by atomic mass is 10.1. The van der Waals surface area contributed by atoms with Crippen molar-refractivity contribution in [3.05, 3.63) is 35.7 Å². The van der Waals surface area contributed by atoms with E-state index >= 15 is 0 Å². The first kappa shape index (κ1) is 14.7. The maximum atomic E-state index is 9.05. The molecular weight excluding hydrogens is 254 g/mol. The summed E-state index contributed by atoms with van der Waals surface area (Å²) in [6.07, 6.45) is 1.03. The standard InChI is InChI=1S/C15H21N3O2/c1-3-7-18(8-9-19)11-14-16-17-15(20-14)13-6-4-5-12(2)10-13/h4-6,10,19H,3,7-9,11H2,1-2H3. The number of aryl methyl sites for hydroxylation is 1. The monoisotopic (exact) mass is 275 g/mol. The van der Waals surface area contributed by atoms with Crippen molar-refractivity contribution in [3.8, 4) is 11.5 Å². The highest BCUT2D eigenvalue weighted by Gasteiger charge is 2.12. The first-order valence-electron chi connectivity index (χ1n) is 6.95. The van der Waals surface area contributed by atoms with Gasteiger partial charge in [0.1, 0.15) is 0 Å². The van der Waals surface area contributed by atoms with Crippen molar-refractivity contribution in [2.75, 3.05) is 19.7 Å². The molecule has 1 aromatic heterocycles. The molecule has 0 aliphatic heterocycles. The van der Waals surface area contributed by atoms with E-state index < -0.39 is 0 Å². The van der Waals surface area contributed by atoms with Crippen LogP contribution in [0.3, 0.4) is 0 Å². The lowest BCUT2D eigenvalue weighted by Crippen LogP contribution is -2.27. The maximum Gasteiger partial charge on any atom is 0.247 e. The summed E-state index contributed by atoms with van der Waals surface area (Å²) < 4.78 is 5.70. The highest BCUT2D eigenvalue weighted by atomic mass is 16.4.